The Kier molecular flexibility index (Phi) is 4.01. The van der Waals surface area contributed by atoms with Gasteiger partial charge in [-0.15, -0.1) is 0 Å². The molecule has 0 radical (unpaired) electrons. The van der Waals surface area contributed by atoms with Crippen LogP contribution in [0.4, 0.5) is 0 Å². The summed E-state index contributed by atoms with van der Waals surface area (Å²) in [7, 11) is 1.74. The number of ether oxygens (including phenoxy) is 1. The molecule has 0 bridgehead atoms. The van der Waals surface area contributed by atoms with Crippen LogP contribution in [0, 0.1) is 6.92 Å². The van der Waals surface area contributed by atoms with Crippen LogP contribution in [0.3, 0.4) is 0 Å². The first-order valence-corrected chi connectivity index (χ1v) is 8.30. The third kappa shape index (κ3) is 2.97. The van der Waals surface area contributed by atoms with Crippen molar-refractivity contribution in [3.63, 3.8) is 0 Å². The monoisotopic (exact) mass is 346 g/mol. The zero-order chi connectivity index (χ0) is 18.1. The molecule has 0 unspecified atom stereocenters. The smallest absolute Gasteiger partial charge is 0.333 e. The SMILES string of the molecule is Cc1cc(-c2cn(C)c(=O)n3cc(COc4ccccc4)nc23)ccn1. The summed E-state index contributed by atoms with van der Waals surface area (Å²) < 4.78 is 8.88. The molecule has 0 saturated heterocycles. The molecular formula is C20H18N4O2. The van der Waals surface area contributed by atoms with Crippen molar-refractivity contribution in [1.29, 1.82) is 0 Å². The zero-order valence-electron chi connectivity index (χ0n) is 14.6. The van der Waals surface area contributed by atoms with Crippen LogP contribution in [-0.4, -0.2) is 18.9 Å². The third-order valence-electron chi connectivity index (χ3n) is 4.16. The molecule has 0 N–H and O–H groups in total. The summed E-state index contributed by atoms with van der Waals surface area (Å²) in [4.78, 5) is 21.4. The maximum Gasteiger partial charge on any atom is 0.333 e. The number of aromatic nitrogens is 4. The van der Waals surface area contributed by atoms with Gasteiger partial charge in [0.15, 0.2) is 5.65 Å². The Balaban J connectivity index is 1.78. The van der Waals surface area contributed by atoms with Gasteiger partial charge >= 0.3 is 5.69 Å². The van der Waals surface area contributed by atoms with Crippen molar-refractivity contribution in [1.82, 2.24) is 18.9 Å². The van der Waals surface area contributed by atoms with Crippen LogP contribution in [0.1, 0.15) is 11.4 Å². The van der Waals surface area contributed by atoms with Crippen molar-refractivity contribution in [2.45, 2.75) is 13.5 Å². The van der Waals surface area contributed by atoms with E-state index in [0.717, 1.165) is 22.6 Å². The molecule has 0 atom stereocenters. The highest BCUT2D eigenvalue weighted by atomic mass is 16.5. The normalized spacial score (nSPS) is 11.0. The average molecular weight is 346 g/mol. The minimum absolute atomic E-state index is 0.145. The van der Waals surface area contributed by atoms with E-state index in [1.54, 1.807) is 34.6 Å². The first-order valence-electron chi connectivity index (χ1n) is 8.30. The third-order valence-corrected chi connectivity index (χ3v) is 4.16. The highest BCUT2D eigenvalue weighted by molar-refractivity contribution is 5.76. The molecule has 0 fully saturated rings. The first kappa shape index (κ1) is 16.1. The van der Waals surface area contributed by atoms with Gasteiger partial charge in [-0.2, -0.15) is 0 Å². The summed E-state index contributed by atoms with van der Waals surface area (Å²) in [5.74, 6) is 0.766. The molecular weight excluding hydrogens is 328 g/mol. The average Bonchev–Trinajstić information content (AvgIpc) is 3.08. The molecule has 0 amide bonds. The van der Waals surface area contributed by atoms with Gasteiger partial charge in [-0.05, 0) is 36.8 Å². The topological polar surface area (TPSA) is 61.4 Å². The Morgan fingerprint density at radius 3 is 2.69 bits per heavy atom. The Labute approximate surface area is 150 Å². The minimum atomic E-state index is -0.145. The van der Waals surface area contributed by atoms with Gasteiger partial charge in [0.1, 0.15) is 12.4 Å². The van der Waals surface area contributed by atoms with Crippen LogP contribution < -0.4 is 10.4 Å². The van der Waals surface area contributed by atoms with E-state index in [9.17, 15) is 4.79 Å². The van der Waals surface area contributed by atoms with Gasteiger partial charge in [-0.3, -0.25) is 9.38 Å². The van der Waals surface area contributed by atoms with Gasteiger partial charge in [0.2, 0.25) is 0 Å². The summed E-state index contributed by atoms with van der Waals surface area (Å²) in [5, 5.41) is 0. The van der Waals surface area contributed by atoms with Crippen molar-refractivity contribution < 1.29 is 4.74 Å². The van der Waals surface area contributed by atoms with E-state index in [0.29, 0.717) is 17.9 Å². The van der Waals surface area contributed by atoms with Gasteiger partial charge in [0.25, 0.3) is 0 Å². The largest absolute Gasteiger partial charge is 0.487 e. The van der Waals surface area contributed by atoms with Gasteiger partial charge in [-0.1, -0.05) is 18.2 Å². The highest BCUT2D eigenvalue weighted by Crippen LogP contribution is 2.23. The molecule has 6 heteroatoms. The van der Waals surface area contributed by atoms with E-state index in [-0.39, 0.29) is 5.69 Å². The van der Waals surface area contributed by atoms with Crippen LogP contribution in [0.25, 0.3) is 16.8 Å². The summed E-state index contributed by atoms with van der Waals surface area (Å²) in [6.45, 7) is 2.23. The predicted molar refractivity (Wildman–Crippen MR) is 99.2 cm³/mol. The standard InChI is InChI=1S/C20H18N4O2/c1-14-10-15(8-9-21-14)18-12-23(2)20(25)24-11-16(22-19(18)24)13-26-17-6-4-3-5-7-17/h3-12H,13H2,1-2H3. The quantitative estimate of drug-likeness (QED) is 0.570. The van der Waals surface area contributed by atoms with Crippen molar-refractivity contribution in [2.24, 2.45) is 7.05 Å². The summed E-state index contributed by atoms with van der Waals surface area (Å²) in [6.07, 6.45) is 5.30. The maximum absolute atomic E-state index is 12.5. The molecule has 6 nitrogen and oxygen atoms in total. The second-order valence-electron chi connectivity index (χ2n) is 6.15. The number of nitrogens with zero attached hydrogens (tertiary/aromatic N) is 4. The minimum Gasteiger partial charge on any atom is -0.487 e. The molecule has 3 heterocycles. The summed E-state index contributed by atoms with van der Waals surface area (Å²) in [5.41, 5.74) is 3.93. The second kappa shape index (κ2) is 6.48. The fourth-order valence-corrected chi connectivity index (χ4v) is 2.90. The summed E-state index contributed by atoms with van der Waals surface area (Å²) >= 11 is 0. The van der Waals surface area contributed by atoms with Crippen molar-refractivity contribution >= 4 is 5.65 Å². The van der Waals surface area contributed by atoms with E-state index in [1.807, 2.05) is 49.4 Å². The van der Waals surface area contributed by atoms with Gasteiger partial charge in [-0.25, -0.2) is 9.78 Å². The number of aryl methyl sites for hydroxylation is 2. The fourth-order valence-electron chi connectivity index (χ4n) is 2.90. The predicted octanol–water partition coefficient (Wildman–Crippen LogP) is 2.98. The Morgan fingerprint density at radius 1 is 1.12 bits per heavy atom. The lowest BCUT2D eigenvalue weighted by molar-refractivity contribution is 0.302. The molecule has 0 aliphatic rings. The number of hydrogen-bond acceptors (Lipinski definition) is 4. The van der Waals surface area contributed by atoms with Crippen molar-refractivity contribution in [3.05, 3.63) is 82.9 Å². The lowest BCUT2D eigenvalue weighted by Gasteiger charge is -2.07. The molecule has 4 rings (SSSR count). The molecule has 130 valence electrons. The van der Waals surface area contributed by atoms with Crippen LogP contribution in [-0.2, 0) is 13.7 Å². The first-order chi connectivity index (χ1) is 12.6. The van der Waals surface area contributed by atoms with Gasteiger partial charge in [0.05, 0.1) is 5.69 Å². The van der Waals surface area contributed by atoms with Gasteiger partial charge in [0, 0.05) is 36.9 Å². The number of rotatable bonds is 4. The van der Waals surface area contributed by atoms with Crippen LogP contribution in [0.2, 0.25) is 0 Å². The molecule has 26 heavy (non-hydrogen) atoms. The van der Waals surface area contributed by atoms with Crippen molar-refractivity contribution in [2.75, 3.05) is 0 Å². The van der Waals surface area contributed by atoms with Crippen LogP contribution in [0.5, 0.6) is 5.75 Å². The number of para-hydroxylation sites is 1. The van der Waals surface area contributed by atoms with E-state index < -0.39 is 0 Å². The Bertz CT molecular complexity index is 1130. The highest BCUT2D eigenvalue weighted by Gasteiger charge is 2.13. The Morgan fingerprint density at radius 2 is 1.92 bits per heavy atom. The van der Waals surface area contributed by atoms with E-state index >= 15 is 0 Å². The maximum atomic E-state index is 12.5. The molecule has 3 aromatic heterocycles. The lowest BCUT2D eigenvalue weighted by Crippen LogP contribution is -2.23. The molecule has 0 saturated carbocycles. The summed E-state index contributed by atoms with van der Waals surface area (Å²) in [6, 6.07) is 13.4. The molecule has 0 aliphatic heterocycles. The fraction of sp³-hybridized carbons (Fsp3) is 0.150. The van der Waals surface area contributed by atoms with E-state index in [4.69, 9.17) is 4.74 Å². The second-order valence-corrected chi connectivity index (χ2v) is 6.15. The number of fused-ring (bicyclic) bond motifs is 1. The van der Waals surface area contributed by atoms with Crippen LogP contribution >= 0.6 is 0 Å². The number of imidazole rings is 1. The van der Waals surface area contributed by atoms with E-state index in [1.165, 1.54) is 0 Å². The number of benzene rings is 1. The molecule has 1 aromatic carbocycles. The molecule has 4 aromatic rings. The van der Waals surface area contributed by atoms with Crippen molar-refractivity contribution in [3.8, 4) is 16.9 Å². The number of hydrogen-bond donors (Lipinski definition) is 0. The van der Waals surface area contributed by atoms with Gasteiger partial charge < -0.3 is 9.30 Å². The zero-order valence-corrected chi connectivity index (χ0v) is 14.6. The molecule has 0 spiro atoms. The Hall–Kier alpha value is -3.41. The molecule has 0 aliphatic carbocycles. The lowest BCUT2D eigenvalue weighted by atomic mass is 10.1. The van der Waals surface area contributed by atoms with E-state index in [2.05, 4.69) is 9.97 Å². The number of pyridine rings is 1. The van der Waals surface area contributed by atoms with Crippen LogP contribution in [0.15, 0.2) is 65.8 Å².